The van der Waals surface area contributed by atoms with Gasteiger partial charge >= 0.3 is 12.1 Å². The number of nitrogens with zero attached hydrogens (tertiary/aromatic N) is 2. The van der Waals surface area contributed by atoms with E-state index in [0.717, 1.165) is 0 Å². The number of piperidine rings is 1. The molecular formula is C14H17F3N2O2. The molecule has 1 aliphatic heterocycles. The van der Waals surface area contributed by atoms with E-state index in [1.807, 2.05) is 0 Å². The zero-order valence-electron chi connectivity index (χ0n) is 11.7. The number of carbonyl (C=O) groups is 1. The number of aromatic nitrogens is 1. The fourth-order valence-electron chi connectivity index (χ4n) is 2.36. The van der Waals surface area contributed by atoms with Crippen molar-refractivity contribution in [1.82, 2.24) is 4.98 Å². The molecule has 0 amide bonds. The van der Waals surface area contributed by atoms with Gasteiger partial charge in [0.2, 0.25) is 0 Å². The summed E-state index contributed by atoms with van der Waals surface area (Å²) in [6.07, 6.45) is -2.21. The minimum absolute atomic E-state index is 0.0880. The van der Waals surface area contributed by atoms with Crippen molar-refractivity contribution in [3.63, 3.8) is 0 Å². The number of esters is 1. The van der Waals surface area contributed by atoms with Gasteiger partial charge in [-0.25, -0.2) is 9.78 Å². The predicted octanol–water partition coefficient (Wildman–Crippen LogP) is 3.04. The maximum Gasteiger partial charge on any atom is 0.393 e. The molecule has 21 heavy (non-hydrogen) atoms. The van der Waals surface area contributed by atoms with Gasteiger partial charge in [0.25, 0.3) is 0 Å². The number of pyridine rings is 1. The predicted molar refractivity (Wildman–Crippen MR) is 71.2 cm³/mol. The lowest BCUT2D eigenvalue weighted by Gasteiger charge is -2.34. The lowest BCUT2D eigenvalue weighted by atomic mass is 9.97. The molecule has 0 aliphatic carbocycles. The summed E-state index contributed by atoms with van der Waals surface area (Å²) in [5, 5.41) is 0. The summed E-state index contributed by atoms with van der Waals surface area (Å²) in [7, 11) is 0. The van der Waals surface area contributed by atoms with Crippen LogP contribution >= 0.6 is 0 Å². The molecule has 1 aromatic rings. The van der Waals surface area contributed by atoms with E-state index in [0.29, 0.717) is 24.3 Å². The van der Waals surface area contributed by atoms with E-state index in [1.165, 1.54) is 12.3 Å². The molecule has 2 rings (SSSR count). The highest BCUT2D eigenvalue weighted by atomic mass is 19.4. The number of halogens is 3. The molecule has 2 heterocycles. The summed E-state index contributed by atoms with van der Waals surface area (Å²) in [5.41, 5.74) is 0.296. The second-order valence-electron chi connectivity index (χ2n) is 4.95. The Morgan fingerprint density at radius 2 is 2.24 bits per heavy atom. The van der Waals surface area contributed by atoms with Crippen molar-refractivity contribution in [3.8, 4) is 0 Å². The molecule has 1 saturated heterocycles. The van der Waals surface area contributed by atoms with Crippen molar-refractivity contribution in [2.45, 2.75) is 25.9 Å². The number of carbonyl (C=O) groups excluding carboxylic acids is 1. The van der Waals surface area contributed by atoms with Gasteiger partial charge in [-0.05, 0) is 31.9 Å². The number of ether oxygens (including phenoxy) is 1. The van der Waals surface area contributed by atoms with E-state index in [1.54, 1.807) is 17.9 Å². The van der Waals surface area contributed by atoms with Gasteiger partial charge in [-0.15, -0.1) is 0 Å². The van der Waals surface area contributed by atoms with Gasteiger partial charge in [0.05, 0.1) is 18.1 Å². The number of rotatable bonds is 3. The molecule has 0 N–H and O–H groups in total. The molecule has 0 bridgehead atoms. The second kappa shape index (κ2) is 6.32. The Labute approximate surface area is 120 Å². The van der Waals surface area contributed by atoms with Gasteiger partial charge in [-0.2, -0.15) is 13.2 Å². The van der Waals surface area contributed by atoms with Crippen LogP contribution in [-0.2, 0) is 4.74 Å². The van der Waals surface area contributed by atoms with Gasteiger partial charge in [-0.1, -0.05) is 0 Å². The summed E-state index contributed by atoms with van der Waals surface area (Å²) in [5.74, 6) is -1.35. The molecule has 0 radical (unpaired) electrons. The average molecular weight is 302 g/mol. The van der Waals surface area contributed by atoms with Crippen molar-refractivity contribution in [3.05, 3.63) is 23.9 Å². The van der Waals surface area contributed by atoms with Crippen LogP contribution < -0.4 is 4.90 Å². The molecule has 1 aromatic heterocycles. The monoisotopic (exact) mass is 302 g/mol. The third kappa shape index (κ3) is 3.86. The van der Waals surface area contributed by atoms with Crippen LogP contribution in [0.1, 0.15) is 30.1 Å². The van der Waals surface area contributed by atoms with E-state index < -0.39 is 18.1 Å². The lowest BCUT2D eigenvalue weighted by Crippen LogP contribution is -2.42. The summed E-state index contributed by atoms with van der Waals surface area (Å²) >= 11 is 0. The Hall–Kier alpha value is -1.79. The molecule has 7 heteroatoms. The van der Waals surface area contributed by atoms with E-state index in [4.69, 9.17) is 4.74 Å². The average Bonchev–Trinajstić information content (AvgIpc) is 2.47. The lowest BCUT2D eigenvalue weighted by molar-refractivity contribution is -0.176. The Balaban J connectivity index is 2.06. The standard InChI is InChI=1S/C14H17F3N2O2/c1-2-21-13(20)10-5-6-12(18-8-10)19-7-3-4-11(9-19)14(15,16)17/h5-6,8,11H,2-4,7,9H2,1H3/t11-/m0/s1. The normalized spacial score (nSPS) is 19.4. The van der Waals surface area contributed by atoms with Crippen LogP contribution in [0.3, 0.4) is 0 Å². The van der Waals surface area contributed by atoms with Crippen LogP contribution in [0, 0.1) is 5.92 Å². The van der Waals surface area contributed by atoms with Gasteiger partial charge in [0.1, 0.15) is 5.82 Å². The summed E-state index contributed by atoms with van der Waals surface area (Å²) < 4.78 is 43.2. The maximum absolute atomic E-state index is 12.8. The molecule has 116 valence electrons. The van der Waals surface area contributed by atoms with Crippen LogP contribution in [0.2, 0.25) is 0 Å². The van der Waals surface area contributed by atoms with E-state index in [-0.39, 0.29) is 19.6 Å². The summed E-state index contributed by atoms with van der Waals surface area (Å²) in [6.45, 7) is 2.41. The van der Waals surface area contributed by atoms with E-state index in [9.17, 15) is 18.0 Å². The van der Waals surface area contributed by atoms with Crippen molar-refractivity contribution < 1.29 is 22.7 Å². The summed E-state index contributed by atoms with van der Waals surface area (Å²) in [4.78, 5) is 17.2. The highest BCUT2D eigenvalue weighted by molar-refractivity contribution is 5.89. The first-order chi connectivity index (χ1) is 9.91. The number of hydrogen-bond donors (Lipinski definition) is 0. The molecule has 0 aromatic carbocycles. The van der Waals surface area contributed by atoms with Crippen LogP contribution in [-0.4, -0.2) is 36.8 Å². The van der Waals surface area contributed by atoms with Crippen molar-refractivity contribution in [2.75, 3.05) is 24.6 Å². The molecule has 1 aliphatic rings. The molecular weight excluding hydrogens is 285 g/mol. The van der Waals surface area contributed by atoms with Crippen molar-refractivity contribution >= 4 is 11.8 Å². The summed E-state index contributed by atoms with van der Waals surface area (Å²) in [6, 6.07) is 3.09. The van der Waals surface area contributed by atoms with Gasteiger partial charge in [-0.3, -0.25) is 0 Å². The molecule has 0 spiro atoms. The molecule has 0 unspecified atom stereocenters. The van der Waals surface area contributed by atoms with Crippen molar-refractivity contribution in [1.29, 1.82) is 0 Å². The number of anilines is 1. The second-order valence-corrected chi connectivity index (χ2v) is 4.95. The smallest absolute Gasteiger partial charge is 0.393 e. The van der Waals surface area contributed by atoms with Crippen LogP contribution in [0.4, 0.5) is 19.0 Å². The van der Waals surface area contributed by atoms with E-state index in [2.05, 4.69) is 4.98 Å². The van der Waals surface area contributed by atoms with Crippen LogP contribution in [0.25, 0.3) is 0 Å². The quantitative estimate of drug-likeness (QED) is 0.805. The zero-order chi connectivity index (χ0) is 15.5. The Morgan fingerprint density at radius 3 is 2.81 bits per heavy atom. The molecule has 1 atom stereocenters. The van der Waals surface area contributed by atoms with Crippen LogP contribution in [0.15, 0.2) is 18.3 Å². The molecule has 0 saturated carbocycles. The first-order valence-electron chi connectivity index (χ1n) is 6.86. The first-order valence-corrected chi connectivity index (χ1v) is 6.86. The fraction of sp³-hybridized carbons (Fsp3) is 0.571. The third-order valence-electron chi connectivity index (χ3n) is 3.47. The third-order valence-corrected chi connectivity index (χ3v) is 3.47. The van der Waals surface area contributed by atoms with Crippen molar-refractivity contribution in [2.24, 2.45) is 5.92 Å². The van der Waals surface area contributed by atoms with Gasteiger partial charge < -0.3 is 9.64 Å². The minimum atomic E-state index is -4.18. The SMILES string of the molecule is CCOC(=O)c1ccc(N2CCC[C@H](C(F)(F)F)C2)nc1. The highest BCUT2D eigenvalue weighted by Crippen LogP contribution is 2.34. The Kier molecular flexibility index (Phi) is 4.69. The largest absolute Gasteiger partial charge is 0.462 e. The highest BCUT2D eigenvalue weighted by Gasteiger charge is 2.42. The maximum atomic E-state index is 12.8. The topological polar surface area (TPSA) is 42.4 Å². The Bertz CT molecular complexity index is 488. The Morgan fingerprint density at radius 1 is 1.48 bits per heavy atom. The number of hydrogen-bond acceptors (Lipinski definition) is 4. The fourth-order valence-corrected chi connectivity index (χ4v) is 2.36. The zero-order valence-corrected chi connectivity index (χ0v) is 11.7. The van der Waals surface area contributed by atoms with Gasteiger partial charge in [0, 0.05) is 19.3 Å². The minimum Gasteiger partial charge on any atom is -0.462 e. The molecule has 4 nitrogen and oxygen atoms in total. The molecule has 1 fully saturated rings. The van der Waals surface area contributed by atoms with E-state index >= 15 is 0 Å². The van der Waals surface area contributed by atoms with Gasteiger partial charge in [0.15, 0.2) is 0 Å². The first kappa shape index (κ1) is 15.6. The number of alkyl halides is 3. The van der Waals surface area contributed by atoms with Crippen LogP contribution in [0.5, 0.6) is 0 Å².